The lowest BCUT2D eigenvalue weighted by Crippen LogP contribution is -2.31. The first-order valence-corrected chi connectivity index (χ1v) is 10.1. The summed E-state index contributed by atoms with van der Waals surface area (Å²) in [5.74, 6) is 2.42. The van der Waals surface area contributed by atoms with Crippen molar-refractivity contribution in [1.82, 2.24) is 10.3 Å². The summed E-state index contributed by atoms with van der Waals surface area (Å²) in [5, 5.41) is 5.89. The van der Waals surface area contributed by atoms with Gasteiger partial charge < -0.3 is 10.6 Å². The average molecular weight is 360 g/mol. The Morgan fingerprint density at radius 3 is 2.71 bits per heavy atom. The zero-order valence-corrected chi connectivity index (χ0v) is 15.2. The van der Waals surface area contributed by atoms with Crippen molar-refractivity contribution in [2.75, 3.05) is 16.8 Å². The molecule has 1 fully saturated rings. The van der Waals surface area contributed by atoms with Crippen LogP contribution in [-0.2, 0) is 0 Å². The predicted octanol–water partition coefficient (Wildman–Crippen LogP) is 4.83. The molecule has 0 radical (unpaired) electrons. The lowest BCUT2D eigenvalue weighted by atomic mass is 10.1. The first-order chi connectivity index (χ1) is 11.7. The fourth-order valence-corrected chi connectivity index (χ4v) is 5.42. The maximum Gasteiger partial charge on any atom is 0.319 e. The molecule has 1 unspecified atom stereocenters. The maximum atomic E-state index is 12.2. The smallest absolute Gasteiger partial charge is 0.319 e. The number of thioether (sulfide) groups is 2. The van der Waals surface area contributed by atoms with Crippen LogP contribution in [0.2, 0.25) is 0 Å². The minimum Gasteiger partial charge on any atom is -0.331 e. The number of rotatable bonds is 4. The Labute approximate surface area is 151 Å². The van der Waals surface area contributed by atoms with E-state index in [0.29, 0.717) is 4.58 Å². The molecule has 0 bridgehead atoms. The molecular weight excluding hydrogens is 338 g/mol. The molecule has 1 aromatic carbocycles. The van der Waals surface area contributed by atoms with Gasteiger partial charge in [0.05, 0.1) is 10.6 Å². The summed E-state index contributed by atoms with van der Waals surface area (Å²) >= 11 is 3.96. The van der Waals surface area contributed by atoms with E-state index in [1.54, 1.807) is 12.4 Å². The van der Waals surface area contributed by atoms with Gasteiger partial charge in [-0.2, -0.15) is 0 Å². The molecule has 0 spiro atoms. The Kier molecular flexibility index (Phi) is 6.04. The van der Waals surface area contributed by atoms with Gasteiger partial charge >= 0.3 is 6.03 Å². The van der Waals surface area contributed by atoms with Crippen molar-refractivity contribution in [3.63, 3.8) is 0 Å². The fourth-order valence-electron chi connectivity index (χ4n) is 2.54. The topological polar surface area (TPSA) is 54.0 Å². The third-order valence-corrected chi connectivity index (χ3v) is 6.81. The summed E-state index contributed by atoms with van der Waals surface area (Å²) in [4.78, 5) is 16.2. The van der Waals surface area contributed by atoms with Crippen molar-refractivity contribution in [3.05, 3.63) is 59.9 Å². The van der Waals surface area contributed by atoms with E-state index in [-0.39, 0.29) is 12.1 Å². The molecule has 1 aliphatic rings. The molecule has 24 heavy (non-hydrogen) atoms. The van der Waals surface area contributed by atoms with Crippen LogP contribution in [0.15, 0.2) is 48.8 Å². The number of pyridine rings is 1. The first kappa shape index (κ1) is 17.2. The van der Waals surface area contributed by atoms with E-state index in [2.05, 4.69) is 27.8 Å². The number of aromatic nitrogens is 1. The molecule has 3 rings (SSSR count). The Hall–Kier alpha value is -1.66. The number of nitrogens with one attached hydrogen (secondary N) is 2. The average Bonchev–Trinajstić information content (AvgIpc) is 2.63. The van der Waals surface area contributed by atoms with Crippen molar-refractivity contribution in [2.24, 2.45) is 0 Å². The lowest BCUT2D eigenvalue weighted by Gasteiger charge is -2.22. The van der Waals surface area contributed by atoms with Gasteiger partial charge in [0.15, 0.2) is 0 Å². The Morgan fingerprint density at radius 2 is 1.96 bits per heavy atom. The number of nitrogens with zero attached hydrogens (tertiary/aromatic N) is 1. The number of anilines is 1. The molecule has 126 valence electrons. The molecule has 0 saturated carbocycles. The van der Waals surface area contributed by atoms with Crippen LogP contribution in [0, 0.1) is 0 Å². The number of hydrogen-bond acceptors (Lipinski definition) is 4. The molecule has 2 aromatic rings. The fraction of sp³-hybridized carbons (Fsp3) is 0.333. The normalized spacial score (nSPS) is 16.4. The Bertz CT molecular complexity index is 675. The highest BCUT2D eigenvalue weighted by Crippen LogP contribution is 2.44. The summed E-state index contributed by atoms with van der Waals surface area (Å²) in [6, 6.07) is 11.7. The van der Waals surface area contributed by atoms with Gasteiger partial charge in [-0.25, -0.2) is 4.79 Å². The number of urea groups is 1. The van der Waals surface area contributed by atoms with Crippen LogP contribution >= 0.6 is 23.5 Å². The second-order valence-corrected chi connectivity index (χ2v) is 8.38. The van der Waals surface area contributed by atoms with Crippen molar-refractivity contribution < 1.29 is 4.79 Å². The van der Waals surface area contributed by atoms with Gasteiger partial charge in [-0.15, -0.1) is 23.5 Å². The second kappa shape index (κ2) is 8.44. The summed E-state index contributed by atoms with van der Waals surface area (Å²) in [5.41, 5.74) is 3.13. The first-order valence-electron chi connectivity index (χ1n) is 8.03. The third-order valence-electron chi connectivity index (χ3n) is 3.80. The molecule has 2 amide bonds. The molecule has 1 aromatic heterocycles. The minimum absolute atomic E-state index is 0.0689. The Balaban J connectivity index is 1.60. The quantitative estimate of drug-likeness (QED) is 0.821. The monoisotopic (exact) mass is 359 g/mol. The summed E-state index contributed by atoms with van der Waals surface area (Å²) in [6.45, 7) is 1.96. The second-order valence-electron chi connectivity index (χ2n) is 5.65. The van der Waals surface area contributed by atoms with E-state index < -0.39 is 0 Å². The van der Waals surface area contributed by atoms with Gasteiger partial charge in [0.2, 0.25) is 0 Å². The van der Waals surface area contributed by atoms with Crippen LogP contribution in [0.25, 0.3) is 0 Å². The van der Waals surface area contributed by atoms with Crippen molar-refractivity contribution in [2.45, 2.75) is 24.0 Å². The summed E-state index contributed by atoms with van der Waals surface area (Å²) in [7, 11) is 0. The van der Waals surface area contributed by atoms with Crippen LogP contribution in [-0.4, -0.2) is 22.5 Å². The molecule has 2 heterocycles. The number of carbonyl (C=O) groups is 1. The molecule has 1 aliphatic heterocycles. The third kappa shape index (κ3) is 4.68. The van der Waals surface area contributed by atoms with Crippen molar-refractivity contribution >= 4 is 35.2 Å². The van der Waals surface area contributed by atoms with E-state index >= 15 is 0 Å². The zero-order valence-electron chi connectivity index (χ0n) is 13.6. The van der Waals surface area contributed by atoms with Crippen molar-refractivity contribution in [3.8, 4) is 0 Å². The van der Waals surface area contributed by atoms with Gasteiger partial charge in [0, 0.05) is 18.1 Å². The number of carbonyl (C=O) groups excluding carboxylic acids is 1. The molecule has 0 aliphatic carbocycles. The zero-order chi connectivity index (χ0) is 16.8. The number of amides is 2. The van der Waals surface area contributed by atoms with E-state index in [1.165, 1.54) is 23.5 Å². The van der Waals surface area contributed by atoms with Crippen LogP contribution in [0.4, 0.5) is 10.5 Å². The largest absolute Gasteiger partial charge is 0.331 e. The Morgan fingerprint density at radius 1 is 1.21 bits per heavy atom. The predicted molar refractivity (Wildman–Crippen MR) is 104 cm³/mol. The highest BCUT2D eigenvalue weighted by Gasteiger charge is 2.17. The van der Waals surface area contributed by atoms with E-state index in [4.69, 9.17) is 0 Å². The molecule has 1 saturated heterocycles. The van der Waals surface area contributed by atoms with Gasteiger partial charge in [-0.1, -0.05) is 12.1 Å². The van der Waals surface area contributed by atoms with E-state index in [9.17, 15) is 4.79 Å². The van der Waals surface area contributed by atoms with Gasteiger partial charge in [0.1, 0.15) is 0 Å². The highest BCUT2D eigenvalue weighted by atomic mass is 32.2. The standard InChI is InChI=1S/C18H21N3OS2/c1-13(14-6-8-19-9-7-14)20-18(22)21-16-5-2-4-15(12-16)17-23-10-3-11-24-17/h2,4-9,12-13,17H,3,10-11H2,1H3,(H2,20,21,22). The van der Waals surface area contributed by atoms with Crippen LogP contribution in [0.3, 0.4) is 0 Å². The van der Waals surface area contributed by atoms with Crippen LogP contribution in [0.1, 0.15) is 35.1 Å². The summed E-state index contributed by atoms with van der Waals surface area (Å²) < 4.78 is 0.472. The van der Waals surface area contributed by atoms with Gasteiger partial charge in [-0.3, -0.25) is 4.98 Å². The van der Waals surface area contributed by atoms with E-state index in [1.807, 2.05) is 54.7 Å². The van der Waals surface area contributed by atoms with Gasteiger partial charge in [-0.05, 0) is 60.2 Å². The van der Waals surface area contributed by atoms with Crippen LogP contribution < -0.4 is 10.6 Å². The van der Waals surface area contributed by atoms with Crippen molar-refractivity contribution in [1.29, 1.82) is 0 Å². The molecule has 4 nitrogen and oxygen atoms in total. The molecule has 6 heteroatoms. The summed E-state index contributed by atoms with van der Waals surface area (Å²) in [6.07, 6.45) is 4.74. The molecule has 1 atom stereocenters. The van der Waals surface area contributed by atoms with Gasteiger partial charge in [0.25, 0.3) is 0 Å². The SMILES string of the molecule is CC(NC(=O)Nc1cccc(C2SCCCS2)c1)c1ccncc1. The van der Waals surface area contributed by atoms with E-state index in [0.717, 1.165) is 11.3 Å². The van der Waals surface area contributed by atoms with Crippen LogP contribution in [0.5, 0.6) is 0 Å². The minimum atomic E-state index is -0.194. The maximum absolute atomic E-state index is 12.2. The number of hydrogen-bond donors (Lipinski definition) is 2. The molecule has 2 N–H and O–H groups in total. The highest BCUT2D eigenvalue weighted by molar-refractivity contribution is 8.16. The lowest BCUT2D eigenvalue weighted by molar-refractivity contribution is 0.249. The number of benzene rings is 1. The molecular formula is C18H21N3OS2.